The predicted octanol–water partition coefficient (Wildman–Crippen LogP) is 7.00. The number of fused-ring (bicyclic) bond motifs is 3. The molecule has 0 unspecified atom stereocenters. The van der Waals surface area contributed by atoms with E-state index in [1.54, 1.807) is 48.9 Å². The number of rotatable bonds is 8. The Labute approximate surface area is 268 Å². The van der Waals surface area contributed by atoms with Crippen LogP contribution in [0.3, 0.4) is 0 Å². The van der Waals surface area contributed by atoms with E-state index in [1.807, 2.05) is 77.7 Å². The number of amides is 3. The van der Waals surface area contributed by atoms with Gasteiger partial charge in [0.25, 0.3) is 17.7 Å². The SMILES string of the molecule is COc1cc(-c2csc3c(C=CCCN4C(=O)c5ccccc5C4=O)cnc(N)c23)ccc1NC(=O)c1cc2ccccc2n1C. The van der Waals surface area contributed by atoms with Crippen molar-refractivity contribution >= 4 is 67.6 Å². The van der Waals surface area contributed by atoms with Gasteiger partial charge in [0, 0.05) is 51.9 Å². The number of imide groups is 1. The molecule has 3 aromatic heterocycles. The third-order valence-electron chi connectivity index (χ3n) is 8.29. The molecule has 0 spiro atoms. The second-order valence-electron chi connectivity index (χ2n) is 11.0. The number of nitrogens with one attached hydrogen (secondary N) is 1. The number of ether oxygens (including phenoxy) is 1. The fraction of sp³-hybridized carbons (Fsp3) is 0.111. The summed E-state index contributed by atoms with van der Waals surface area (Å²) in [5.41, 5.74) is 12.0. The van der Waals surface area contributed by atoms with Gasteiger partial charge >= 0.3 is 0 Å². The number of para-hydroxylation sites is 1. The number of anilines is 2. The number of methoxy groups -OCH3 is 1. The number of nitrogens with two attached hydrogens (primary N) is 1. The van der Waals surface area contributed by atoms with Crippen molar-refractivity contribution in [1.29, 1.82) is 0 Å². The lowest BCUT2D eigenvalue weighted by Gasteiger charge is -2.13. The molecule has 3 aromatic carbocycles. The van der Waals surface area contributed by atoms with Crippen molar-refractivity contribution in [2.24, 2.45) is 7.05 Å². The van der Waals surface area contributed by atoms with E-state index in [2.05, 4.69) is 10.3 Å². The van der Waals surface area contributed by atoms with E-state index in [4.69, 9.17) is 10.5 Å². The molecule has 6 aromatic rings. The summed E-state index contributed by atoms with van der Waals surface area (Å²) in [6.07, 6.45) is 6.10. The maximum Gasteiger partial charge on any atom is 0.272 e. The Bertz CT molecular complexity index is 2200. The Balaban J connectivity index is 1.11. The molecule has 10 heteroatoms. The van der Waals surface area contributed by atoms with Crippen LogP contribution in [0, 0.1) is 0 Å². The Morgan fingerprint density at radius 1 is 1.00 bits per heavy atom. The quantitative estimate of drug-likeness (QED) is 0.176. The van der Waals surface area contributed by atoms with Crippen LogP contribution in [0.15, 0.2) is 90.4 Å². The summed E-state index contributed by atoms with van der Waals surface area (Å²) in [6.45, 7) is 0.285. The highest BCUT2D eigenvalue weighted by Crippen LogP contribution is 2.41. The summed E-state index contributed by atoms with van der Waals surface area (Å²) < 4.78 is 8.53. The summed E-state index contributed by atoms with van der Waals surface area (Å²) in [5.74, 6) is 0.158. The van der Waals surface area contributed by atoms with E-state index in [0.29, 0.717) is 40.5 Å². The molecule has 4 heterocycles. The molecule has 1 aliphatic heterocycles. The first-order valence-corrected chi connectivity index (χ1v) is 15.6. The van der Waals surface area contributed by atoms with Crippen LogP contribution in [0.25, 0.3) is 38.2 Å². The molecule has 1 aliphatic rings. The third-order valence-corrected chi connectivity index (χ3v) is 9.32. The minimum Gasteiger partial charge on any atom is -0.495 e. The lowest BCUT2D eigenvalue weighted by Crippen LogP contribution is -2.30. The first kappa shape index (κ1) is 29.0. The number of pyridine rings is 1. The highest BCUT2D eigenvalue weighted by atomic mass is 32.1. The van der Waals surface area contributed by atoms with Crippen molar-refractivity contribution in [3.05, 3.63) is 113 Å². The van der Waals surface area contributed by atoms with Crippen molar-refractivity contribution in [3.8, 4) is 16.9 Å². The van der Waals surface area contributed by atoms with Gasteiger partial charge < -0.3 is 20.4 Å². The van der Waals surface area contributed by atoms with Crippen molar-refractivity contribution in [3.63, 3.8) is 0 Å². The van der Waals surface area contributed by atoms with Crippen LogP contribution in [-0.2, 0) is 7.05 Å². The first-order chi connectivity index (χ1) is 22.4. The second kappa shape index (κ2) is 11.6. The van der Waals surface area contributed by atoms with Gasteiger partial charge in [-0.1, -0.05) is 48.6 Å². The molecule has 0 saturated carbocycles. The average molecular weight is 628 g/mol. The van der Waals surface area contributed by atoms with Gasteiger partial charge in [0.1, 0.15) is 17.3 Å². The van der Waals surface area contributed by atoms with E-state index < -0.39 is 0 Å². The monoisotopic (exact) mass is 627 g/mol. The van der Waals surface area contributed by atoms with Crippen molar-refractivity contribution in [2.45, 2.75) is 6.42 Å². The molecule has 0 fully saturated rings. The molecule has 228 valence electrons. The molecule has 0 aliphatic carbocycles. The summed E-state index contributed by atoms with van der Waals surface area (Å²) in [4.78, 5) is 44.4. The summed E-state index contributed by atoms with van der Waals surface area (Å²) in [5, 5.41) is 6.84. The van der Waals surface area contributed by atoms with Crippen LogP contribution in [0.5, 0.6) is 5.75 Å². The number of nitrogens with zero attached hydrogens (tertiary/aromatic N) is 3. The topological polar surface area (TPSA) is 120 Å². The van der Waals surface area contributed by atoms with Crippen molar-refractivity contribution < 1.29 is 19.1 Å². The first-order valence-electron chi connectivity index (χ1n) is 14.7. The highest BCUT2D eigenvalue weighted by Gasteiger charge is 2.34. The zero-order valence-electron chi connectivity index (χ0n) is 25.1. The standard InChI is InChI=1S/C36H29N5O4S/c1-40-28-13-6-3-9-22(28)17-29(40)34(42)39-27-15-14-21(18-30(27)45-2)26-20-46-32-23(19-38-33(37)31(26)32)10-7-8-16-41-35(43)24-11-4-5-12-25(24)36(41)44/h3-7,9-15,17-20H,8,16H2,1-2H3,(H2,37,38)(H,39,42). The number of carbonyl (C=O) groups excluding carboxylic acids is 3. The lowest BCUT2D eigenvalue weighted by molar-refractivity contribution is 0.0656. The molecule has 0 radical (unpaired) electrons. The number of aromatic nitrogens is 2. The Morgan fingerprint density at radius 3 is 2.48 bits per heavy atom. The van der Waals surface area contributed by atoms with E-state index in [-0.39, 0.29) is 24.3 Å². The fourth-order valence-electron chi connectivity index (χ4n) is 5.93. The zero-order valence-corrected chi connectivity index (χ0v) is 25.9. The summed E-state index contributed by atoms with van der Waals surface area (Å²) >= 11 is 1.55. The minimum absolute atomic E-state index is 0.237. The molecule has 3 amide bonds. The molecule has 0 saturated heterocycles. The van der Waals surface area contributed by atoms with Crippen molar-refractivity contribution in [1.82, 2.24) is 14.5 Å². The molecule has 0 bridgehead atoms. The van der Waals surface area contributed by atoms with Crippen LogP contribution >= 0.6 is 11.3 Å². The van der Waals surface area contributed by atoms with Gasteiger partial charge in [0.05, 0.1) is 23.9 Å². The number of carbonyl (C=O) groups is 3. The molecule has 0 atom stereocenters. The van der Waals surface area contributed by atoms with Crippen LogP contribution in [0.4, 0.5) is 11.5 Å². The van der Waals surface area contributed by atoms with Crippen molar-refractivity contribution in [2.75, 3.05) is 24.7 Å². The number of nitrogen functional groups attached to an aromatic ring is 1. The van der Waals surface area contributed by atoms with E-state index in [9.17, 15) is 14.4 Å². The highest BCUT2D eigenvalue weighted by molar-refractivity contribution is 7.18. The predicted molar refractivity (Wildman–Crippen MR) is 182 cm³/mol. The van der Waals surface area contributed by atoms with E-state index >= 15 is 0 Å². The normalized spacial score (nSPS) is 12.9. The number of hydrogen-bond donors (Lipinski definition) is 2. The van der Waals surface area contributed by atoms with Gasteiger partial charge in [0.2, 0.25) is 0 Å². The average Bonchev–Trinajstić information content (AvgIpc) is 3.74. The maximum absolute atomic E-state index is 13.3. The van der Waals surface area contributed by atoms with E-state index in [1.165, 1.54) is 4.90 Å². The number of aryl methyl sites for hydroxylation is 1. The van der Waals surface area contributed by atoms with Crippen LogP contribution in [-0.4, -0.2) is 45.8 Å². The Kier molecular flexibility index (Phi) is 7.34. The Morgan fingerprint density at radius 2 is 1.74 bits per heavy atom. The van der Waals surface area contributed by atoms with Gasteiger partial charge in [-0.25, -0.2) is 4.98 Å². The summed E-state index contributed by atoms with van der Waals surface area (Å²) in [6, 6.07) is 22.2. The van der Waals surface area contributed by atoms with Gasteiger partial charge in [-0.3, -0.25) is 19.3 Å². The van der Waals surface area contributed by atoms with Gasteiger partial charge in [-0.2, -0.15) is 0 Å². The molecule has 46 heavy (non-hydrogen) atoms. The molecular formula is C36H29N5O4S. The number of benzene rings is 3. The summed E-state index contributed by atoms with van der Waals surface area (Å²) in [7, 11) is 3.44. The van der Waals surface area contributed by atoms with Crippen LogP contribution < -0.4 is 15.8 Å². The Hall–Kier alpha value is -5.74. The number of thiophene rings is 1. The molecule has 3 N–H and O–H groups in total. The number of hydrogen-bond acceptors (Lipinski definition) is 7. The minimum atomic E-state index is -0.261. The fourth-order valence-corrected chi connectivity index (χ4v) is 7.01. The lowest BCUT2D eigenvalue weighted by atomic mass is 10.0. The van der Waals surface area contributed by atoms with E-state index in [0.717, 1.165) is 37.7 Å². The van der Waals surface area contributed by atoms with Gasteiger partial charge in [0.15, 0.2) is 0 Å². The smallest absolute Gasteiger partial charge is 0.272 e. The van der Waals surface area contributed by atoms with Crippen LogP contribution in [0.1, 0.15) is 43.2 Å². The molecule has 9 nitrogen and oxygen atoms in total. The third kappa shape index (κ3) is 4.89. The molecular weight excluding hydrogens is 598 g/mol. The van der Waals surface area contributed by atoms with Gasteiger partial charge in [-0.15, -0.1) is 11.3 Å². The second-order valence-corrected chi connectivity index (χ2v) is 11.8. The maximum atomic E-state index is 13.3. The molecule has 7 rings (SSSR count). The largest absolute Gasteiger partial charge is 0.495 e. The zero-order chi connectivity index (χ0) is 31.9. The van der Waals surface area contributed by atoms with Gasteiger partial charge in [-0.05, 0) is 53.8 Å². The van der Waals surface area contributed by atoms with Crippen LogP contribution in [0.2, 0.25) is 0 Å².